The van der Waals surface area contributed by atoms with Gasteiger partial charge in [0, 0.05) is 11.3 Å². The first-order valence-electron chi connectivity index (χ1n) is 7.33. The predicted molar refractivity (Wildman–Crippen MR) is 89.2 cm³/mol. The minimum Gasteiger partial charge on any atom is -0.491 e. The summed E-state index contributed by atoms with van der Waals surface area (Å²) >= 11 is 0. The predicted octanol–water partition coefficient (Wildman–Crippen LogP) is 3.08. The molecule has 0 aliphatic carbocycles. The number of carbonyl (C=O) groups is 1. The lowest BCUT2D eigenvalue weighted by molar-refractivity contribution is 0.0926. The van der Waals surface area contributed by atoms with Crippen molar-refractivity contribution in [2.45, 2.75) is 26.8 Å². The van der Waals surface area contributed by atoms with Crippen molar-refractivity contribution in [2.24, 2.45) is 0 Å². The topological polar surface area (TPSA) is 64.3 Å². The number of carbonyl (C=O) groups excluding carboxylic acids is 1. The number of rotatable bonds is 5. The van der Waals surface area contributed by atoms with Gasteiger partial charge in [0.05, 0.1) is 6.04 Å². The number of ether oxygens (including phenoxy) is 1. The first-order valence-corrected chi connectivity index (χ1v) is 7.33. The fraction of sp³-hybridized carbons (Fsp3) is 0.278. The lowest BCUT2D eigenvalue weighted by Gasteiger charge is -2.17. The maximum atomic E-state index is 12.1. The Labute approximate surface area is 131 Å². The molecule has 2 aromatic rings. The molecule has 0 bridgehead atoms. The average molecular weight is 298 g/mol. The fourth-order valence-corrected chi connectivity index (χ4v) is 2.26. The molecule has 22 heavy (non-hydrogen) atoms. The Morgan fingerprint density at radius 2 is 1.82 bits per heavy atom. The quantitative estimate of drug-likeness (QED) is 0.834. The third-order valence-electron chi connectivity index (χ3n) is 3.41. The summed E-state index contributed by atoms with van der Waals surface area (Å²) in [5.74, 6) is 0.734. The molecule has 3 N–H and O–H groups in total. The standard InChI is InChI=1S/C18H22N2O2/c1-12-6-4-7-13(2)17(12)22-11-14(3)20-18(21)15-8-5-9-16(19)10-15/h4-10,14H,11,19H2,1-3H3,(H,20,21). The molecule has 2 aromatic carbocycles. The maximum Gasteiger partial charge on any atom is 0.251 e. The van der Waals surface area contributed by atoms with E-state index in [0.29, 0.717) is 17.9 Å². The zero-order valence-electron chi connectivity index (χ0n) is 13.2. The highest BCUT2D eigenvalue weighted by molar-refractivity contribution is 5.95. The first-order chi connectivity index (χ1) is 10.5. The van der Waals surface area contributed by atoms with Crippen LogP contribution >= 0.6 is 0 Å². The van der Waals surface area contributed by atoms with Crippen molar-refractivity contribution in [3.05, 3.63) is 59.2 Å². The van der Waals surface area contributed by atoms with Gasteiger partial charge < -0.3 is 15.8 Å². The average Bonchev–Trinajstić information content (AvgIpc) is 2.46. The van der Waals surface area contributed by atoms with Gasteiger partial charge in [-0.25, -0.2) is 0 Å². The zero-order chi connectivity index (χ0) is 16.1. The minimum absolute atomic E-state index is 0.104. The van der Waals surface area contributed by atoms with E-state index in [-0.39, 0.29) is 11.9 Å². The van der Waals surface area contributed by atoms with Crippen LogP contribution in [0.1, 0.15) is 28.4 Å². The van der Waals surface area contributed by atoms with E-state index in [1.165, 1.54) is 0 Å². The Balaban J connectivity index is 1.93. The summed E-state index contributed by atoms with van der Waals surface area (Å²) in [7, 11) is 0. The molecule has 0 aliphatic rings. The number of anilines is 1. The van der Waals surface area contributed by atoms with E-state index in [4.69, 9.17) is 10.5 Å². The van der Waals surface area contributed by atoms with Gasteiger partial charge in [0.1, 0.15) is 12.4 Å². The molecule has 1 atom stereocenters. The Morgan fingerprint density at radius 3 is 2.45 bits per heavy atom. The monoisotopic (exact) mass is 298 g/mol. The number of nitrogens with two attached hydrogens (primary N) is 1. The lowest BCUT2D eigenvalue weighted by atomic mass is 10.1. The third-order valence-corrected chi connectivity index (χ3v) is 3.41. The molecule has 4 nitrogen and oxygen atoms in total. The van der Waals surface area contributed by atoms with Gasteiger partial charge in [0.2, 0.25) is 0 Å². The maximum absolute atomic E-state index is 12.1. The summed E-state index contributed by atoms with van der Waals surface area (Å²) < 4.78 is 5.85. The van der Waals surface area contributed by atoms with Crippen LogP contribution < -0.4 is 15.8 Å². The van der Waals surface area contributed by atoms with Crippen molar-refractivity contribution in [3.63, 3.8) is 0 Å². The highest BCUT2D eigenvalue weighted by atomic mass is 16.5. The molecule has 2 rings (SSSR count). The largest absolute Gasteiger partial charge is 0.491 e. The molecular formula is C18H22N2O2. The number of benzene rings is 2. The van der Waals surface area contributed by atoms with Crippen LogP contribution in [0.3, 0.4) is 0 Å². The van der Waals surface area contributed by atoms with E-state index in [1.54, 1.807) is 24.3 Å². The van der Waals surface area contributed by atoms with E-state index in [0.717, 1.165) is 16.9 Å². The van der Waals surface area contributed by atoms with E-state index in [1.807, 2.05) is 39.0 Å². The fourth-order valence-electron chi connectivity index (χ4n) is 2.26. The van der Waals surface area contributed by atoms with E-state index >= 15 is 0 Å². The molecule has 0 saturated heterocycles. The van der Waals surface area contributed by atoms with Crippen LogP contribution in [0.25, 0.3) is 0 Å². The molecule has 0 radical (unpaired) electrons. The molecule has 0 aliphatic heterocycles. The normalized spacial score (nSPS) is 11.8. The van der Waals surface area contributed by atoms with Crippen molar-refractivity contribution in [3.8, 4) is 5.75 Å². The number of para-hydroxylation sites is 1. The van der Waals surface area contributed by atoms with Gasteiger partial charge in [0.25, 0.3) is 5.91 Å². The summed E-state index contributed by atoms with van der Waals surface area (Å²) in [6, 6.07) is 12.8. The van der Waals surface area contributed by atoms with Gasteiger partial charge in [-0.3, -0.25) is 4.79 Å². The molecule has 0 heterocycles. The van der Waals surface area contributed by atoms with Crippen molar-refractivity contribution >= 4 is 11.6 Å². The van der Waals surface area contributed by atoms with Gasteiger partial charge in [-0.2, -0.15) is 0 Å². The smallest absolute Gasteiger partial charge is 0.251 e. The molecule has 1 unspecified atom stereocenters. The zero-order valence-corrected chi connectivity index (χ0v) is 13.2. The number of nitrogens with one attached hydrogen (secondary N) is 1. The molecule has 116 valence electrons. The van der Waals surface area contributed by atoms with Crippen LogP contribution in [-0.2, 0) is 0 Å². The molecule has 1 amide bonds. The van der Waals surface area contributed by atoms with Crippen molar-refractivity contribution < 1.29 is 9.53 Å². The Morgan fingerprint density at radius 1 is 1.18 bits per heavy atom. The second-order valence-corrected chi connectivity index (χ2v) is 5.53. The molecule has 0 spiro atoms. The Hall–Kier alpha value is -2.49. The minimum atomic E-state index is -0.148. The van der Waals surface area contributed by atoms with Gasteiger partial charge in [-0.05, 0) is 50.1 Å². The second kappa shape index (κ2) is 6.98. The van der Waals surface area contributed by atoms with Gasteiger partial charge in [0.15, 0.2) is 0 Å². The molecular weight excluding hydrogens is 276 g/mol. The van der Waals surface area contributed by atoms with E-state index < -0.39 is 0 Å². The lowest BCUT2D eigenvalue weighted by Crippen LogP contribution is -2.36. The van der Waals surface area contributed by atoms with Crippen LogP contribution in [0.4, 0.5) is 5.69 Å². The first kappa shape index (κ1) is 15.9. The highest BCUT2D eigenvalue weighted by Crippen LogP contribution is 2.22. The SMILES string of the molecule is Cc1cccc(C)c1OCC(C)NC(=O)c1cccc(N)c1. The highest BCUT2D eigenvalue weighted by Gasteiger charge is 2.11. The number of hydrogen-bond acceptors (Lipinski definition) is 3. The summed E-state index contributed by atoms with van der Waals surface area (Å²) in [5, 5.41) is 2.91. The summed E-state index contributed by atoms with van der Waals surface area (Å²) in [5.41, 5.74) is 9.01. The summed E-state index contributed by atoms with van der Waals surface area (Å²) in [6.07, 6.45) is 0. The second-order valence-electron chi connectivity index (χ2n) is 5.53. The molecule has 0 fully saturated rings. The summed E-state index contributed by atoms with van der Waals surface area (Å²) in [6.45, 7) is 6.36. The number of amides is 1. The van der Waals surface area contributed by atoms with E-state index in [2.05, 4.69) is 5.32 Å². The van der Waals surface area contributed by atoms with E-state index in [9.17, 15) is 4.79 Å². The Bertz CT molecular complexity index is 648. The van der Waals surface area contributed by atoms with Crippen LogP contribution in [-0.4, -0.2) is 18.6 Å². The van der Waals surface area contributed by atoms with Crippen molar-refractivity contribution in [1.29, 1.82) is 0 Å². The number of hydrogen-bond donors (Lipinski definition) is 2. The summed E-state index contributed by atoms with van der Waals surface area (Å²) in [4.78, 5) is 12.1. The van der Waals surface area contributed by atoms with Gasteiger partial charge in [-0.15, -0.1) is 0 Å². The number of nitrogen functional groups attached to an aromatic ring is 1. The molecule has 4 heteroatoms. The third kappa shape index (κ3) is 4.01. The van der Waals surface area contributed by atoms with Crippen LogP contribution in [0, 0.1) is 13.8 Å². The van der Waals surface area contributed by atoms with Gasteiger partial charge in [-0.1, -0.05) is 24.3 Å². The number of aryl methyl sites for hydroxylation is 2. The van der Waals surface area contributed by atoms with Gasteiger partial charge >= 0.3 is 0 Å². The van der Waals surface area contributed by atoms with Crippen LogP contribution in [0.15, 0.2) is 42.5 Å². The van der Waals surface area contributed by atoms with Crippen molar-refractivity contribution in [2.75, 3.05) is 12.3 Å². The van der Waals surface area contributed by atoms with Crippen molar-refractivity contribution in [1.82, 2.24) is 5.32 Å². The molecule has 0 aromatic heterocycles. The van der Waals surface area contributed by atoms with Crippen LogP contribution in [0.2, 0.25) is 0 Å². The molecule has 0 saturated carbocycles. The Kier molecular flexibility index (Phi) is 5.04. The van der Waals surface area contributed by atoms with Crippen LogP contribution in [0.5, 0.6) is 5.75 Å².